The average Bonchev–Trinajstić information content (AvgIpc) is 3.01. The molecule has 0 bridgehead atoms. The number of para-hydroxylation sites is 2. The van der Waals surface area contributed by atoms with E-state index in [0.717, 1.165) is 50.4 Å². The Morgan fingerprint density at radius 2 is 2.13 bits per heavy atom. The first-order chi connectivity index (χ1) is 11.3. The predicted octanol–water partition coefficient (Wildman–Crippen LogP) is 1.68. The summed E-state index contributed by atoms with van der Waals surface area (Å²) in [5.74, 6) is 0.309. The Morgan fingerprint density at radius 3 is 2.96 bits per heavy atom. The van der Waals surface area contributed by atoms with Gasteiger partial charge < -0.3 is 14.5 Å². The van der Waals surface area contributed by atoms with E-state index in [4.69, 9.17) is 9.15 Å². The molecule has 0 atom stereocenters. The molecule has 6 nitrogen and oxygen atoms in total. The SMILES string of the molecule is O=C(/C=C/c1nc2ccccc2o1)NCCCN1CCOCC1. The van der Waals surface area contributed by atoms with Crippen LogP contribution in [0.4, 0.5) is 0 Å². The van der Waals surface area contributed by atoms with Crippen LogP contribution in [0.1, 0.15) is 12.3 Å². The van der Waals surface area contributed by atoms with Crippen molar-refractivity contribution in [2.45, 2.75) is 6.42 Å². The number of benzene rings is 1. The summed E-state index contributed by atoms with van der Waals surface area (Å²) >= 11 is 0. The van der Waals surface area contributed by atoms with E-state index < -0.39 is 0 Å². The van der Waals surface area contributed by atoms with Crippen molar-refractivity contribution in [3.8, 4) is 0 Å². The number of nitrogens with zero attached hydrogens (tertiary/aromatic N) is 2. The second kappa shape index (κ2) is 7.89. The monoisotopic (exact) mass is 315 g/mol. The van der Waals surface area contributed by atoms with Crippen LogP contribution in [-0.2, 0) is 9.53 Å². The largest absolute Gasteiger partial charge is 0.437 e. The van der Waals surface area contributed by atoms with Crippen molar-refractivity contribution in [3.63, 3.8) is 0 Å². The molecule has 0 unspecified atom stereocenters. The molecule has 6 heteroatoms. The van der Waals surface area contributed by atoms with E-state index in [-0.39, 0.29) is 5.91 Å². The first kappa shape index (κ1) is 15.7. The van der Waals surface area contributed by atoms with E-state index in [1.165, 1.54) is 6.08 Å². The summed E-state index contributed by atoms with van der Waals surface area (Å²) in [5.41, 5.74) is 1.51. The van der Waals surface area contributed by atoms with Gasteiger partial charge in [0.2, 0.25) is 11.8 Å². The molecular formula is C17H21N3O3. The first-order valence-electron chi connectivity index (χ1n) is 7.93. The van der Waals surface area contributed by atoms with E-state index >= 15 is 0 Å². The summed E-state index contributed by atoms with van der Waals surface area (Å²) in [6.07, 6.45) is 3.99. The number of rotatable bonds is 6. The van der Waals surface area contributed by atoms with Crippen LogP contribution < -0.4 is 5.32 Å². The lowest BCUT2D eigenvalue weighted by atomic mass is 10.3. The summed E-state index contributed by atoms with van der Waals surface area (Å²) < 4.78 is 10.8. The lowest BCUT2D eigenvalue weighted by Gasteiger charge is -2.26. The van der Waals surface area contributed by atoms with Gasteiger partial charge in [-0.05, 0) is 25.1 Å². The standard InChI is InChI=1S/C17H21N3O3/c21-16(18-8-3-9-20-10-12-22-13-11-20)6-7-17-19-14-4-1-2-5-15(14)23-17/h1-2,4-7H,3,8-13H2,(H,18,21)/b7-6+. The smallest absolute Gasteiger partial charge is 0.244 e. The number of morpholine rings is 1. The zero-order chi connectivity index (χ0) is 15.9. The molecule has 1 amide bonds. The molecule has 122 valence electrons. The number of fused-ring (bicyclic) bond motifs is 1. The maximum Gasteiger partial charge on any atom is 0.244 e. The van der Waals surface area contributed by atoms with Gasteiger partial charge in [-0.3, -0.25) is 9.69 Å². The summed E-state index contributed by atoms with van der Waals surface area (Å²) in [5, 5.41) is 2.87. The molecule has 1 saturated heterocycles. The highest BCUT2D eigenvalue weighted by molar-refractivity contribution is 5.91. The van der Waals surface area contributed by atoms with Crippen LogP contribution in [0.2, 0.25) is 0 Å². The van der Waals surface area contributed by atoms with Crippen molar-refractivity contribution in [1.29, 1.82) is 0 Å². The second-order valence-corrected chi connectivity index (χ2v) is 5.45. The van der Waals surface area contributed by atoms with Gasteiger partial charge in [-0.2, -0.15) is 0 Å². The molecule has 1 N–H and O–H groups in total. The lowest BCUT2D eigenvalue weighted by Crippen LogP contribution is -2.38. The number of oxazole rings is 1. The molecular weight excluding hydrogens is 294 g/mol. The number of ether oxygens (including phenoxy) is 1. The van der Waals surface area contributed by atoms with Gasteiger partial charge in [0.25, 0.3) is 0 Å². The second-order valence-electron chi connectivity index (χ2n) is 5.45. The normalized spacial score (nSPS) is 16.2. The maximum absolute atomic E-state index is 11.8. The van der Waals surface area contributed by atoms with E-state index in [9.17, 15) is 4.79 Å². The maximum atomic E-state index is 11.8. The van der Waals surface area contributed by atoms with Crippen LogP contribution in [0.25, 0.3) is 17.2 Å². The number of aromatic nitrogens is 1. The zero-order valence-electron chi connectivity index (χ0n) is 13.0. The highest BCUT2D eigenvalue weighted by Crippen LogP contribution is 2.15. The molecule has 1 aliphatic heterocycles. The molecule has 0 saturated carbocycles. The third-order valence-corrected chi connectivity index (χ3v) is 3.74. The Hall–Kier alpha value is -2.18. The molecule has 1 fully saturated rings. The van der Waals surface area contributed by atoms with Gasteiger partial charge in [-0.15, -0.1) is 0 Å². The van der Waals surface area contributed by atoms with E-state index in [2.05, 4.69) is 15.2 Å². The Balaban J connectivity index is 1.40. The van der Waals surface area contributed by atoms with Crippen molar-refractivity contribution >= 4 is 23.1 Å². The van der Waals surface area contributed by atoms with E-state index in [1.54, 1.807) is 6.08 Å². The Kier molecular flexibility index (Phi) is 5.39. The number of carbonyl (C=O) groups excluding carboxylic acids is 1. The van der Waals surface area contributed by atoms with Gasteiger partial charge >= 0.3 is 0 Å². The number of carbonyl (C=O) groups is 1. The van der Waals surface area contributed by atoms with Crippen LogP contribution in [0.5, 0.6) is 0 Å². The fraction of sp³-hybridized carbons (Fsp3) is 0.412. The lowest BCUT2D eigenvalue weighted by molar-refractivity contribution is -0.116. The quantitative estimate of drug-likeness (QED) is 0.649. The summed E-state index contributed by atoms with van der Waals surface area (Å²) in [7, 11) is 0. The molecule has 0 radical (unpaired) electrons. The number of hydrogen-bond donors (Lipinski definition) is 1. The van der Waals surface area contributed by atoms with Gasteiger partial charge in [0, 0.05) is 31.8 Å². The van der Waals surface area contributed by atoms with E-state index in [0.29, 0.717) is 12.4 Å². The average molecular weight is 315 g/mol. The van der Waals surface area contributed by atoms with Crippen LogP contribution >= 0.6 is 0 Å². The first-order valence-corrected chi connectivity index (χ1v) is 7.93. The van der Waals surface area contributed by atoms with Crippen molar-refractivity contribution in [2.75, 3.05) is 39.4 Å². The zero-order valence-corrected chi connectivity index (χ0v) is 13.0. The topological polar surface area (TPSA) is 67.6 Å². The van der Waals surface area contributed by atoms with Gasteiger partial charge in [-0.25, -0.2) is 4.98 Å². The molecule has 3 rings (SSSR count). The van der Waals surface area contributed by atoms with Crippen molar-refractivity contribution < 1.29 is 13.9 Å². The third-order valence-electron chi connectivity index (χ3n) is 3.74. The molecule has 2 heterocycles. The summed E-state index contributed by atoms with van der Waals surface area (Å²) in [6, 6.07) is 7.52. The highest BCUT2D eigenvalue weighted by atomic mass is 16.5. The number of nitrogens with one attached hydrogen (secondary N) is 1. The molecule has 1 aromatic heterocycles. The van der Waals surface area contributed by atoms with Gasteiger partial charge in [0.05, 0.1) is 13.2 Å². The van der Waals surface area contributed by atoms with Crippen molar-refractivity contribution in [3.05, 3.63) is 36.2 Å². The fourth-order valence-electron chi connectivity index (χ4n) is 2.51. The minimum absolute atomic E-state index is 0.130. The highest BCUT2D eigenvalue weighted by Gasteiger charge is 2.09. The molecule has 0 aliphatic carbocycles. The van der Waals surface area contributed by atoms with Crippen LogP contribution in [-0.4, -0.2) is 55.2 Å². The number of hydrogen-bond acceptors (Lipinski definition) is 5. The minimum atomic E-state index is -0.130. The number of amides is 1. The minimum Gasteiger partial charge on any atom is -0.437 e. The molecule has 1 aliphatic rings. The Bertz CT molecular complexity index is 642. The van der Waals surface area contributed by atoms with E-state index in [1.807, 2.05) is 24.3 Å². The molecule has 0 spiro atoms. The van der Waals surface area contributed by atoms with Crippen LogP contribution in [0.15, 0.2) is 34.8 Å². The predicted molar refractivity (Wildman–Crippen MR) is 87.9 cm³/mol. The Morgan fingerprint density at radius 1 is 1.30 bits per heavy atom. The van der Waals surface area contributed by atoms with Gasteiger partial charge in [0.1, 0.15) is 5.52 Å². The fourth-order valence-corrected chi connectivity index (χ4v) is 2.51. The Labute approximate surface area is 135 Å². The van der Waals surface area contributed by atoms with Crippen LogP contribution in [0.3, 0.4) is 0 Å². The van der Waals surface area contributed by atoms with Crippen LogP contribution in [0, 0.1) is 0 Å². The van der Waals surface area contributed by atoms with Gasteiger partial charge in [0.15, 0.2) is 5.58 Å². The van der Waals surface area contributed by atoms with Crippen molar-refractivity contribution in [1.82, 2.24) is 15.2 Å². The third kappa shape index (κ3) is 4.64. The van der Waals surface area contributed by atoms with Crippen molar-refractivity contribution in [2.24, 2.45) is 0 Å². The summed E-state index contributed by atoms with van der Waals surface area (Å²) in [4.78, 5) is 18.4. The molecule has 2 aromatic rings. The summed E-state index contributed by atoms with van der Waals surface area (Å²) in [6.45, 7) is 5.21. The van der Waals surface area contributed by atoms with Gasteiger partial charge in [-0.1, -0.05) is 12.1 Å². The molecule has 23 heavy (non-hydrogen) atoms. The molecule has 1 aromatic carbocycles.